The van der Waals surface area contributed by atoms with Crippen LogP contribution in [0.1, 0.15) is 16.7 Å². The molecular formula is C27H23N3S. The summed E-state index contributed by atoms with van der Waals surface area (Å²) in [5, 5.41) is 2.09. The van der Waals surface area contributed by atoms with Crippen molar-refractivity contribution in [1.29, 1.82) is 0 Å². The van der Waals surface area contributed by atoms with E-state index in [1.54, 1.807) is 18.1 Å². The molecule has 0 amide bonds. The number of hydrogen-bond acceptors (Lipinski definition) is 3. The van der Waals surface area contributed by atoms with Crippen LogP contribution in [0.3, 0.4) is 0 Å². The largest absolute Gasteiger partial charge is 0.327 e. The second-order valence-corrected chi connectivity index (χ2v) is 8.89. The Morgan fingerprint density at radius 3 is 2.19 bits per heavy atom. The van der Waals surface area contributed by atoms with Crippen LogP contribution in [-0.4, -0.2) is 14.5 Å². The van der Waals surface area contributed by atoms with Gasteiger partial charge in [-0.05, 0) is 37.1 Å². The lowest BCUT2D eigenvalue weighted by atomic mass is 10.0. The summed E-state index contributed by atoms with van der Waals surface area (Å²) in [6.45, 7) is 5.07. The van der Waals surface area contributed by atoms with Crippen molar-refractivity contribution in [3.05, 3.63) is 108 Å². The van der Waals surface area contributed by atoms with Crippen LogP contribution in [0.4, 0.5) is 0 Å². The van der Waals surface area contributed by atoms with Gasteiger partial charge in [0.1, 0.15) is 17.0 Å². The summed E-state index contributed by atoms with van der Waals surface area (Å²) in [4.78, 5) is 10.6. The highest BCUT2D eigenvalue weighted by atomic mass is 32.2. The van der Waals surface area contributed by atoms with Crippen molar-refractivity contribution in [2.45, 2.75) is 30.3 Å². The van der Waals surface area contributed by atoms with E-state index in [2.05, 4.69) is 97.4 Å². The number of nitrogens with zero attached hydrogens (tertiary/aromatic N) is 3. The summed E-state index contributed by atoms with van der Waals surface area (Å²) in [6.07, 6.45) is 3.91. The van der Waals surface area contributed by atoms with Crippen molar-refractivity contribution in [3.8, 4) is 11.1 Å². The normalized spacial score (nSPS) is 11.2. The summed E-state index contributed by atoms with van der Waals surface area (Å²) < 4.78 is 2.24. The lowest BCUT2D eigenvalue weighted by Gasteiger charge is -2.07. The highest BCUT2D eigenvalue weighted by molar-refractivity contribution is 7.99. The first-order valence-electron chi connectivity index (χ1n) is 10.4. The first-order chi connectivity index (χ1) is 15.2. The highest BCUT2D eigenvalue weighted by Crippen LogP contribution is 2.38. The fraction of sp³-hybridized carbons (Fsp3) is 0.111. The number of rotatable bonds is 5. The van der Waals surface area contributed by atoms with Gasteiger partial charge in [-0.1, -0.05) is 89.6 Å². The molecule has 0 radical (unpaired) electrons. The zero-order valence-corrected chi connectivity index (χ0v) is 18.4. The van der Waals surface area contributed by atoms with E-state index < -0.39 is 0 Å². The van der Waals surface area contributed by atoms with Crippen molar-refractivity contribution in [2.24, 2.45) is 0 Å². The van der Waals surface area contributed by atoms with Crippen molar-refractivity contribution >= 4 is 22.8 Å². The van der Waals surface area contributed by atoms with E-state index in [-0.39, 0.29) is 0 Å². The minimum absolute atomic E-state index is 0.772. The number of aromatic nitrogens is 3. The van der Waals surface area contributed by atoms with E-state index >= 15 is 0 Å². The van der Waals surface area contributed by atoms with Crippen LogP contribution >= 0.6 is 11.8 Å². The maximum atomic E-state index is 4.71. The van der Waals surface area contributed by atoms with Crippen molar-refractivity contribution in [1.82, 2.24) is 14.5 Å². The third-order valence-electron chi connectivity index (χ3n) is 5.30. The Morgan fingerprint density at radius 2 is 1.48 bits per heavy atom. The maximum Gasteiger partial charge on any atom is 0.145 e. The van der Waals surface area contributed by atoms with Gasteiger partial charge in [0.25, 0.3) is 0 Å². The molecule has 2 heterocycles. The summed E-state index contributed by atoms with van der Waals surface area (Å²) in [7, 11) is 0. The van der Waals surface area contributed by atoms with Crippen LogP contribution in [0.5, 0.6) is 0 Å². The van der Waals surface area contributed by atoms with Gasteiger partial charge in [-0.25, -0.2) is 9.97 Å². The molecule has 0 bridgehead atoms. The fourth-order valence-corrected chi connectivity index (χ4v) is 4.94. The molecule has 0 spiro atoms. The summed E-state index contributed by atoms with van der Waals surface area (Å²) in [5.74, 6) is 0. The molecule has 3 nitrogen and oxygen atoms in total. The molecule has 0 fully saturated rings. The van der Waals surface area contributed by atoms with E-state index in [0.29, 0.717) is 0 Å². The molecule has 0 saturated carbocycles. The predicted molar refractivity (Wildman–Crippen MR) is 129 cm³/mol. The molecule has 3 aromatic carbocycles. The van der Waals surface area contributed by atoms with Gasteiger partial charge in [-0.15, -0.1) is 0 Å². The predicted octanol–water partition coefficient (Wildman–Crippen LogP) is 6.91. The second-order valence-electron chi connectivity index (χ2n) is 7.83. The third kappa shape index (κ3) is 4.12. The third-order valence-corrected chi connectivity index (χ3v) is 6.32. The highest BCUT2D eigenvalue weighted by Gasteiger charge is 2.18. The lowest BCUT2D eigenvalue weighted by Crippen LogP contribution is -1.99. The standard InChI is InChI=1S/C27H23N3S/c1-19-13-20(2)15-22(14-19)24-17-30(16-21-9-5-3-6-10-21)26-25(24)27(29-18-28-26)31-23-11-7-4-8-12-23/h3-15,17-18H,16H2,1-2H3. The Hall–Kier alpha value is -3.37. The Balaban J connectivity index is 1.71. The summed E-state index contributed by atoms with van der Waals surface area (Å²) in [6, 6.07) is 27.6. The van der Waals surface area contributed by atoms with Crippen molar-refractivity contribution in [2.75, 3.05) is 0 Å². The molecule has 0 aliphatic heterocycles. The van der Waals surface area contributed by atoms with Crippen LogP contribution in [0, 0.1) is 13.8 Å². The van der Waals surface area contributed by atoms with Gasteiger partial charge in [0.05, 0.1) is 5.39 Å². The molecule has 0 atom stereocenters. The molecule has 0 aliphatic carbocycles. The number of fused-ring (bicyclic) bond motifs is 1. The molecule has 0 saturated heterocycles. The average Bonchev–Trinajstić information content (AvgIpc) is 3.14. The fourth-order valence-electron chi connectivity index (χ4n) is 4.02. The van der Waals surface area contributed by atoms with Gasteiger partial charge >= 0.3 is 0 Å². The molecular weight excluding hydrogens is 398 g/mol. The summed E-state index contributed by atoms with van der Waals surface area (Å²) >= 11 is 1.69. The van der Waals surface area contributed by atoms with Crippen LogP contribution in [0.2, 0.25) is 0 Å². The van der Waals surface area contributed by atoms with Crippen LogP contribution in [0.25, 0.3) is 22.2 Å². The van der Waals surface area contributed by atoms with Gasteiger partial charge in [0.15, 0.2) is 0 Å². The Bertz CT molecular complexity index is 1320. The molecule has 2 aromatic heterocycles. The molecule has 4 heteroatoms. The summed E-state index contributed by atoms with van der Waals surface area (Å²) in [5.41, 5.74) is 7.12. The quantitative estimate of drug-likeness (QED) is 0.289. The number of hydrogen-bond donors (Lipinski definition) is 0. The van der Waals surface area contributed by atoms with Crippen molar-refractivity contribution < 1.29 is 0 Å². The number of benzene rings is 3. The van der Waals surface area contributed by atoms with E-state index in [0.717, 1.165) is 22.6 Å². The molecule has 5 rings (SSSR count). The van der Waals surface area contributed by atoms with E-state index in [1.807, 2.05) is 6.07 Å². The Labute approximate surface area is 186 Å². The van der Waals surface area contributed by atoms with Gasteiger partial charge in [-0.3, -0.25) is 0 Å². The minimum atomic E-state index is 0.772. The van der Waals surface area contributed by atoms with Crippen molar-refractivity contribution in [3.63, 3.8) is 0 Å². The second kappa shape index (κ2) is 8.40. The lowest BCUT2D eigenvalue weighted by molar-refractivity contribution is 0.822. The Kier molecular flexibility index (Phi) is 5.31. The van der Waals surface area contributed by atoms with Gasteiger partial charge in [0, 0.05) is 23.2 Å². The minimum Gasteiger partial charge on any atom is -0.327 e. The maximum absolute atomic E-state index is 4.71. The zero-order chi connectivity index (χ0) is 21.2. The molecule has 152 valence electrons. The van der Waals surface area contributed by atoms with Crippen LogP contribution in [-0.2, 0) is 6.54 Å². The van der Waals surface area contributed by atoms with Crippen LogP contribution in [0.15, 0.2) is 101 Å². The number of aryl methyl sites for hydroxylation is 2. The van der Waals surface area contributed by atoms with Gasteiger partial charge in [0.2, 0.25) is 0 Å². The van der Waals surface area contributed by atoms with E-state index in [9.17, 15) is 0 Å². The molecule has 0 N–H and O–H groups in total. The smallest absolute Gasteiger partial charge is 0.145 e. The van der Waals surface area contributed by atoms with Crippen LogP contribution < -0.4 is 0 Å². The SMILES string of the molecule is Cc1cc(C)cc(-c2cn(Cc3ccccc3)c3ncnc(Sc4ccccc4)c23)c1. The molecule has 5 aromatic rings. The topological polar surface area (TPSA) is 30.7 Å². The average molecular weight is 422 g/mol. The van der Waals surface area contributed by atoms with E-state index in [4.69, 9.17) is 9.97 Å². The first-order valence-corrected chi connectivity index (χ1v) is 11.2. The molecule has 0 aliphatic rings. The van der Waals surface area contributed by atoms with Gasteiger partial charge in [-0.2, -0.15) is 0 Å². The molecule has 0 unspecified atom stereocenters. The zero-order valence-electron chi connectivity index (χ0n) is 17.6. The Morgan fingerprint density at radius 1 is 0.806 bits per heavy atom. The molecule has 31 heavy (non-hydrogen) atoms. The monoisotopic (exact) mass is 421 g/mol. The first kappa shape index (κ1) is 19.6. The van der Waals surface area contributed by atoms with Gasteiger partial charge < -0.3 is 4.57 Å². The van der Waals surface area contributed by atoms with E-state index in [1.165, 1.54) is 32.7 Å².